The van der Waals surface area contributed by atoms with Gasteiger partial charge in [-0.1, -0.05) is 30.9 Å². The molecule has 0 aliphatic carbocycles. The maximum atomic E-state index is 11.9. The summed E-state index contributed by atoms with van der Waals surface area (Å²) in [5.74, 6) is -0.412. The summed E-state index contributed by atoms with van der Waals surface area (Å²) in [5.41, 5.74) is 1.46. The van der Waals surface area contributed by atoms with E-state index in [1.807, 2.05) is 31.2 Å². The van der Waals surface area contributed by atoms with Gasteiger partial charge >= 0.3 is 0 Å². The van der Waals surface area contributed by atoms with Crippen molar-refractivity contribution in [1.82, 2.24) is 5.06 Å². The maximum Gasteiger partial charge on any atom is 0.258 e. The molecular formula is C12H15NO2S. The third-order valence-corrected chi connectivity index (χ3v) is 2.45. The molecular weight excluding hydrogens is 222 g/mol. The zero-order valence-corrected chi connectivity index (χ0v) is 10.3. The number of carbonyl (C=O) groups is 1. The third-order valence-electron chi connectivity index (χ3n) is 2.29. The van der Waals surface area contributed by atoms with Gasteiger partial charge in [0.05, 0.1) is 11.6 Å². The second kappa shape index (κ2) is 5.72. The average Bonchev–Trinajstić information content (AvgIpc) is 2.40. The summed E-state index contributed by atoms with van der Waals surface area (Å²) in [6, 6.07) is 0. The SMILES string of the molecule is C=CC1=C(/C=C\C)C=CC(C)C(=O)N1OS. The molecule has 0 fully saturated rings. The van der Waals surface area contributed by atoms with Crippen molar-refractivity contribution < 1.29 is 9.08 Å². The van der Waals surface area contributed by atoms with E-state index in [1.54, 1.807) is 13.0 Å². The van der Waals surface area contributed by atoms with Crippen LogP contribution in [-0.2, 0) is 9.08 Å². The topological polar surface area (TPSA) is 29.5 Å². The number of carbonyl (C=O) groups excluding carboxylic acids is 1. The summed E-state index contributed by atoms with van der Waals surface area (Å²) in [6.45, 7) is 7.39. The first-order chi connectivity index (χ1) is 7.65. The lowest BCUT2D eigenvalue weighted by Gasteiger charge is -2.20. The molecule has 4 heteroatoms. The molecule has 1 rings (SSSR count). The van der Waals surface area contributed by atoms with E-state index in [0.717, 1.165) is 10.6 Å². The van der Waals surface area contributed by atoms with E-state index in [9.17, 15) is 4.79 Å². The molecule has 0 aromatic rings. The quantitative estimate of drug-likeness (QED) is 0.604. The van der Waals surface area contributed by atoms with E-state index in [-0.39, 0.29) is 11.8 Å². The van der Waals surface area contributed by atoms with E-state index < -0.39 is 0 Å². The number of hydroxylamine groups is 2. The van der Waals surface area contributed by atoms with Crippen LogP contribution in [0, 0.1) is 5.92 Å². The van der Waals surface area contributed by atoms with Crippen LogP contribution in [-0.4, -0.2) is 11.0 Å². The van der Waals surface area contributed by atoms with Crippen molar-refractivity contribution in [3.63, 3.8) is 0 Å². The highest BCUT2D eigenvalue weighted by Crippen LogP contribution is 2.23. The fourth-order valence-corrected chi connectivity index (χ4v) is 1.61. The Bertz CT molecular complexity index is 382. The Morgan fingerprint density at radius 2 is 2.31 bits per heavy atom. The predicted molar refractivity (Wildman–Crippen MR) is 67.3 cm³/mol. The highest BCUT2D eigenvalue weighted by Gasteiger charge is 2.25. The van der Waals surface area contributed by atoms with Gasteiger partial charge in [0.15, 0.2) is 0 Å². The second-order valence-corrected chi connectivity index (χ2v) is 3.57. The number of amides is 1. The first-order valence-electron chi connectivity index (χ1n) is 4.98. The van der Waals surface area contributed by atoms with Gasteiger partial charge in [-0.05, 0) is 19.9 Å². The molecule has 0 N–H and O–H groups in total. The monoisotopic (exact) mass is 237 g/mol. The summed E-state index contributed by atoms with van der Waals surface area (Å²) in [5, 5.41) is 1.15. The normalized spacial score (nSPS) is 21.8. The zero-order valence-electron chi connectivity index (χ0n) is 9.38. The predicted octanol–water partition coefficient (Wildman–Crippen LogP) is 2.81. The summed E-state index contributed by atoms with van der Waals surface area (Å²) >= 11 is 3.70. The number of hydrogen-bond acceptors (Lipinski definition) is 3. The van der Waals surface area contributed by atoms with Crippen LogP contribution < -0.4 is 0 Å². The van der Waals surface area contributed by atoms with Crippen molar-refractivity contribution in [2.75, 3.05) is 0 Å². The molecule has 16 heavy (non-hydrogen) atoms. The Morgan fingerprint density at radius 3 is 2.81 bits per heavy atom. The maximum absolute atomic E-state index is 11.9. The molecule has 0 aromatic heterocycles. The molecule has 1 aliphatic heterocycles. The third kappa shape index (κ3) is 2.46. The van der Waals surface area contributed by atoms with Gasteiger partial charge in [0.2, 0.25) is 0 Å². The first-order valence-corrected chi connectivity index (χ1v) is 5.35. The molecule has 1 amide bonds. The Balaban J connectivity index is 3.29. The minimum atomic E-state index is -0.246. The Labute approximate surface area is 101 Å². The molecule has 1 heterocycles. The van der Waals surface area contributed by atoms with Crippen LogP contribution in [0.25, 0.3) is 0 Å². The number of thiol groups is 1. The van der Waals surface area contributed by atoms with Crippen LogP contribution in [0.5, 0.6) is 0 Å². The summed E-state index contributed by atoms with van der Waals surface area (Å²) < 4.78 is 4.81. The lowest BCUT2D eigenvalue weighted by molar-refractivity contribution is -0.149. The fourth-order valence-electron chi connectivity index (χ4n) is 1.44. The second-order valence-electron chi connectivity index (χ2n) is 3.41. The molecule has 0 radical (unpaired) electrons. The van der Waals surface area contributed by atoms with E-state index >= 15 is 0 Å². The molecule has 0 saturated heterocycles. The van der Waals surface area contributed by atoms with Crippen LogP contribution in [0.15, 0.2) is 48.2 Å². The molecule has 1 unspecified atom stereocenters. The van der Waals surface area contributed by atoms with Gasteiger partial charge in [-0.25, -0.2) is 0 Å². The van der Waals surface area contributed by atoms with Crippen molar-refractivity contribution in [2.45, 2.75) is 13.8 Å². The first kappa shape index (κ1) is 12.8. The Hall–Kier alpha value is -1.26. The van der Waals surface area contributed by atoms with Gasteiger partial charge < -0.3 is 0 Å². The van der Waals surface area contributed by atoms with Crippen molar-refractivity contribution >= 4 is 18.8 Å². The standard InChI is InChI=1S/C12H15NO2S/c1-4-6-10-8-7-9(3)12(14)13(15-16)11(10)5-2/h4-9,16H,2H2,1,3H3/b6-4-. The minimum Gasteiger partial charge on any atom is -0.271 e. The van der Waals surface area contributed by atoms with Gasteiger partial charge in [0, 0.05) is 18.5 Å². The highest BCUT2D eigenvalue weighted by atomic mass is 32.1. The summed E-state index contributed by atoms with van der Waals surface area (Å²) in [6.07, 6.45) is 9.06. The van der Waals surface area contributed by atoms with Gasteiger partial charge in [-0.15, -0.1) is 0 Å². The van der Waals surface area contributed by atoms with Crippen LogP contribution in [0.4, 0.5) is 0 Å². The average molecular weight is 237 g/mol. The number of rotatable bonds is 3. The molecule has 1 atom stereocenters. The van der Waals surface area contributed by atoms with Gasteiger partial charge in [0.25, 0.3) is 5.91 Å². The van der Waals surface area contributed by atoms with E-state index in [2.05, 4.69) is 19.5 Å². The fraction of sp³-hybridized carbons (Fsp3) is 0.250. The van der Waals surface area contributed by atoms with Crippen molar-refractivity contribution in [2.24, 2.45) is 5.92 Å². The lowest BCUT2D eigenvalue weighted by Crippen LogP contribution is -2.30. The number of allylic oxidation sites excluding steroid dienone is 5. The molecule has 0 spiro atoms. The molecule has 86 valence electrons. The minimum absolute atomic E-state index is 0.166. The molecule has 0 saturated carbocycles. The number of hydrogen-bond donors (Lipinski definition) is 1. The Morgan fingerprint density at radius 1 is 1.62 bits per heavy atom. The van der Waals surface area contributed by atoms with Gasteiger partial charge in [0.1, 0.15) is 0 Å². The van der Waals surface area contributed by atoms with E-state index in [4.69, 9.17) is 4.28 Å². The zero-order chi connectivity index (χ0) is 12.1. The summed E-state index contributed by atoms with van der Waals surface area (Å²) in [7, 11) is 0. The molecule has 0 bridgehead atoms. The smallest absolute Gasteiger partial charge is 0.258 e. The molecule has 1 aliphatic rings. The number of nitrogens with zero attached hydrogens (tertiary/aromatic N) is 1. The molecule has 3 nitrogen and oxygen atoms in total. The van der Waals surface area contributed by atoms with Crippen LogP contribution in [0.1, 0.15) is 13.8 Å². The summed E-state index contributed by atoms with van der Waals surface area (Å²) in [4.78, 5) is 11.9. The highest BCUT2D eigenvalue weighted by molar-refractivity contribution is 7.75. The van der Waals surface area contributed by atoms with Crippen LogP contribution >= 0.6 is 12.9 Å². The van der Waals surface area contributed by atoms with Crippen molar-refractivity contribution in [1.29, 1.82) is 0 Å². The molecule has 0 aromatic carbocycles. The largest absolute Gasteiger partial charge is 0.271 e. The van der Waals surface area contributed by atoms with Gasteiger partial charge in [-0.3, -0.25) is 4.79 Å². The van der Waals surface area contributed by atoms with E-state index in [0.29, 0.717) is 5.70 Å². The van der Waals surface area contributed by atoms with Crippen LogP contribution in [0.2, 0.25) is 0 Å². The Kier molecular flexibility index (Phi) is 4.58. The van der Waals surface area contributed by atoms with E-state index in [1.165, 1.54) is 0 Å². The van der Waals surface area contributed by atoms with Crippen LogP contribution in [0.3, 0.4) is 0 Å². The van der Waals surface area contributed by atoms with Crippen molar-refractivity contribution in [3.05, 3.63) is 48.2 Å². The van der Waals surface area contributed by atoms with Gasteiger partial charge in [-0.2, -0.15) is 9.35 Å². The van der Waals surface area contributed by atoms with Crippen molar-refractivity contribution in [3.8, 4) is 0 Å². The lowest BCUT2D eigenvalue weighted by atomic mass is 10.1.